The molecule has 0 amide bonds. The average molecular weight is 251 g/mol. The van der Waals surface area contributed by atoms with E-state index in [2.05, 4.69) is 13.8 Å². The lowest BCUT2D eigenvalue weighted by molar-refractivity contribution is -0.145. The molecular formula is C14H21NO3. The summed E-state index contributed by atoms with van der Waals surface area (Å²) in [5, 5.41) is 0. The number of anilines is 1. The maximum absolute atomic E-state index is 11.4. The Labute approximate surface area is 108 Å². The zero-order chi connectivity index (χ0) is 13.4. The maximum atomic E-state index is 11.4. The third-order valence-corrected chi connectivity index (χ3v) is 2.68. The molecule has 0 saturated heterocycles. The molecule has 0 bridgehead atoms. The minimum absolute atomic E-state index is 0.217. The van der Waals surface area contributed by atoms with Gasteiger partial charge < -0.3 is 15.2 Å². The molecule has 18 heavy (non-hydrogen) atoms. The molecule has 100 valence electrons. The molecule has 0 radical (unpaired) electrons. The maximum Gasteiger partial charge on any atom is 0.309 e. The standard InChI is InChI=1S/C14H21NO3/c1-3-11(2)10-18-14(16)8-9-17-13-6-4-12(15)5-7-13/h4-7,11H,3,8-10,15H2,1-2H3. The summed E-state index contributed by atoms with van der Waals surface area (Å²) in [4.78, 5) is 11.4. The van der Waals surface area contributed by atoms with E-state index in [1.807, 2.05) is 0 Å². The highest BCUT2D eigenvalue weighted by molar-refractivity contribution is 5.69. The van der Waals surface area contributed by atoms with E-state index in [1.165, 1.54) is 0 Å². The van der Waals surface area contributed by atoms with Crippen molar-refractivity contribution in [1.29, 1.82) is 0 Å². The largest absolute Gasteiger partial charge is 0.493 e. The van der Waals surface area contributed by atoms with Crippen LogP contribution in [0.15, 0.2) is 24.3 Å². The second-order valence-corrected chi connectivity index (χ2v) is 4.36. The number of carbonyl (C=O) groups is 1. The van der Waals surface area contributed by atoms with Crippen molar-refractivity contribution in [1.82, 2.24) is 0 Å². The highest BCUT2D eigenvalue weighted by Crippen LogP contribution is 2.13. The first kappa shape index (κ1) is 14.4. The zero-order valence-corrected chi connectivity index (χ0v) is 11.0. The number of benzene rings is 1. The van der Waals surface area contributed by atoms with Crippen molar-refractivity contribution in [3.63, 3.8) is 0 Å². The van der Waals surface area contributed by atoms with Gasteiger partial charge in [-0.2, -0.15) is 0 Å². The van der Waals surface area contributed by atoms with E-state index in [1.54, 1.807) is 24.3 Å². The van der Waals surface area contributed by atoms with Crippen molar-refractivity contribution in [2.24, 2.45) is 5.92 Å². The molecule has 1 atom stereocenters. The van der Waals surface area contributed by atoms with Crippen LogP contribution in [0, 0.1) is 5.92 Å². The van der Waals surface area contributed by atoms with Crippen molar-refractivity contribution in [3.8, 4) is 5.75 Å². The molecule has 0 aliphatic heterocycles. The molecule has 4 nitrogen and oxygen atoms in total. The predicted octanol–water partition coefficient (Wildman–Crippen LogP) is 2.63. The lowest BCUT2D eigenvalue weighted by Gasteiger charge is -2.10. The summed E-state index contributed by atoms with van der Waals surface area (Å²) in [7, 11) is 0. The van der Waals surface area contributed by atoms with E-state index in [4.69, 9.17) is 15.2 Å². The van der Waals surface area contributed by atoms with Gasteiger partial charge in [0.2, 0.25) is 0 Å². The van der Waals surface area contributed by atoms with Crippen molar-refractivity contribution < 1.29 is 14.3 Å². The Morgan fingerprint density at radius 1 is 1.33 bits per heavy atom. The van der Waals surface area contributed by atoms with Crippen LogP contribution in [-0.4, -0.2) is 19.2 Å². The van der Waals surface area contributed by atoms with Crippen LogP contribution in [0.25, 0.3) is 0 Å². The Bertz CT molecular complexity index is 362. The van der Waals surface area contributed by atoms with Gasteiger partial charge in [-0.25, -0.2) is 0 Å². The number of carbonyl (C=O) groups excluding carboxylic acids is 1. The summed E-state index contributed by atoms with van der Waals surface area (Å²) >= 11 is 0. The Morgan fingerprint density at radius 2 is 2.00 bits per heavy atom. The Morgan fingerprint density at radius 3 is 2.61 bits per heavy atom. The molecule has 1 rings (SSSR count). The van der Waals surface area contributed by atoms with E-state index >= 15 is 0 Å². The molecule has 1 aromatic rings. The van der Waals surface area contributed by atoms with Crippen molar-refractivity contribution in [2.45, 2.75) is 26.7 Å². The van der Waals surface area contributed by atoms with Gasteiger partial charge in [-0.05, 0) is 30.2 Å². The van der Waals surface area contributed by atoms with Crippen LogP contribution < -0.4 is 10.5 Å². The lowest BCUT2D eigenvalue weighted by atomic mass is 10.1. The van der Waals surface area contributed by atoms with Crippen LogP contribution in [0.3, 0.4) is 0 Å². The minimum atomic E-state index is -0.217. The van der Waals surface area contributed by atoms with Gasteiger partial charge in [0.05, 0.1) is 19.6 Å². The third-order valence-electron chi connectivity index (χ3n) is 2.68. The van der Waals surface area contributed by atoms with Crippen molar-refractivity contribution >= 4 is 11.7 Å². The number of esters is 1. The number of hydrogen-bond donors (Lipinski definition) is 1. The van der Waals surface area contributed by atoms with Gasteiger partial charge in [-0.15, -0.1) is 0 Å². The number of hydrogen-bond acceptors (Lipinski definition) is 4. The van der Waals surface area contributed by atoms with E-state index in [0.29, 0.717) is 30.6 Å². The van der Waals surface area contributed by atoms with Crippen molar-refractivity contribution in [3.05, 3.63) is 24.3 Å². The molecule has 4 heteroatoms. The Hall–Kier alpha value is -1.71. The van der Waals surface area contributed by atoms with Crippen LogP contribution in [0.5, 0.6) is 5.75 Å². The fraction of sp³-hybridized carbons (Fsp3) is 0.500. The topological polar surface area (TPSA) is 61.5 Å². The molecule has 2 N–H and O–H groups in total. The van der Waals surface area contributed by atoms with Crippen molar-refractivity contribution in [2.75, 3.05) is 18.9 Å². The normalized spacial score (nSPS) is 11.9. The summed E-state index contributed by atoms with van der Waals surface area (Å²) in [5.41, 5.74) is 6.25. The van der Waals surface area contributed by atoms with Crippen LogP contribution >= 0.6 is 0 Å². The summed E-state index contributed by atoms with van der Waals surface area (Å²) in [6.45, 7) is 4.93. The minimum Gasteiger partial charge on any atom is -0.493 e. The fourth-order valence-corrected chi connectivity index (χ4v) is 1.24. The van der Waals surface area contributed by atoms with Crippen LogP contribution in [-0.2, 0) is 9.53 Å². The molecule has 0 spiro atoms. The summed E-state index contributed by atoms with van der Waals surface area (Å²) in [6.07, 6.45) is 1.27. The van der Waals surface area contributed by atoms with Gasteiger partial charge in [-0.1, -0.05) is 20.3 Å². The molecule has 0 fully saturated rings. The second-order valence-electron chi connectivity index (χ2n) is 4.36. The van der Waals surface area contributed by atoms with Gasteiger partial charge in [0.1, 0.15) is 5.75 Å². The number of nitrogens with two attached hydrogens (primary N) is 1. The third kappa shape index (κ3) is 5.57. The monoisotopic (exact) mass is 251 g/mol. The molecule has 0 heterocycles. The fourth-order valence-electron chi connectivity index (χ4n) is 1.24. The van der Waals surface area contributed by atoms with Crippen LogP contribution in [0.4, 0.5) is 5.69 Å². The molecule has 0 aliphatic carbocycles. The quantitative estimate of drug-likeness (QED) is 0.597. The predicted molar refractivity (Wildman–Crippen MR) is 71.4 cm³/mol. The molecule has 1 aromatic carbocycles. The first-order chi connectivity index (χ1) is 8.61. The summed E-state index contributed by atoms with van der Waals surface area (Å²) in [5.74, 6) is 0.900. The van der Waals surface area contributed by atoms with Crippen LogP contribution in [0.2, 0.25) is 0 Å². The SMILES string of the molecule is CCC(C)COC(=O)CCOc1ccc(N)cc1. The van der Waals surface area contributed by atoms with Gasteiger partial charge in [0, 0.05) is 5.69 Å². The van der Waals surface area contributed by atoms with Gasteiger partial charge in [0.25, 0.3) is 0 Å². The number of rotatable bonds is 7. The van der Waals surface area contributed by atoms with Crippen LogP contribution in [0.1, 0.15) is 26.7 Å². The molecule has 0 aromatic heterocycles. The lowest BCUT2D eigenvalue weighted by Crippen LogP contribution is -2.14. The van der Waals surface area contributed by atoms with Gasteiger partial charge in [-0.3, -0.25) is 4.79 Å². The number of ether oxygens (including phenoxy) is 2. The highest BCUT2D eigenvalue weighted by atomic mass is 16.5. The second kappa shape index (κ2) is 7.58. The smallest absolute Gasteiger partial charge is 0.309 e. The first-order valence-corrected chi connectivity index (χ1v) is 6.25. The molecule has 0 saturated carbocycles. The van der Waals surface area contributed by atoms with Gasteiger partial charge in [0.15, 0.2) is 0 Å². The molecule has 0 aliphatic rings. The Kier molecular flexibility index (Phi) is 6.05. The van der Waals surface area contributed by atoms with E-state index < -0.39 is 0 Å². The number of nitrogen functional groups attached to an aromatic ring is 1. The Balaban J connectivity index is 2.17. The summed E-state index contributed by atoms with van der Waals surface area (Å²) < 4.78 is 10.5. The van der Waals surface area contributed by atoms with Gasteiger partial charge >= 0.3 is 5.97 Å². The molecule has 1 unspecified atom stereocenters. The molecular weight excluding hydrogens is 230 g/mol. The van der Waals surface area contributed by atoms with E-state index in [-0.39, 0.29) is 12.4 Å². The van der Waals surface area contributed by atoms with E-state index in [0.717, 1.165) is 6.42 Å². The zero-order valence-electron chi connectivity index (χ0n) is 11.0. The summed E-state index contributed by atoms with van der Waals surface area (Å²) in [6, 6.07) is 7.08. The highest BCUT2D eigenvalue weighted by Gasteiger charge is 2.06. The first-order valence-electron chi connectivity index (χ1n) is 6.25. The van der Waals surface area contributed by atoms with E-state index in [9.17, 15) is 4.79 Å². The average Bonchev–Trinajstić information content (AvgIpc) is 2.38.